The van der Waals surface area contributed by atoms with Crippen LogP contribution in [0.3, 0.4) is 0 Å². The summed E-state index contributed by atoms with van der Waals surface area (Å²) in [5.41, 5.74) is 1.76. The molecule has 0 aliphatic carbocycles. The van der Waals surface area contributed by atoms with Gasteiger partial charge in [0.15, 0.2) is 0 Å². The number of nitrogens with one attached hydrogen (secondary N) is 1. The third-order valence-electron chi connectivity index (χ3n) is 8.12. The number of amides is 3. The number of hydrogen-bond acceptors (Lipinski definition) is 7. The van der Waals surface area contributed by atoms with Gasteiger partial charge in [0.1, 0.15) is 12.6 Å². The Morgan fingerprint density at radius 2 is 1.89 bits per heavy atom. The van der Waals surface area contributed by atoms with Crippen LogP contribution in [-0.4, -0.2) is 76.7 Å². The molecule has 2 aromatic heterocycles. The van der Waals surface area contributed by atoms with E-state index in [1.165, 1.54) is 29.4 Å². The Bertz CT molecular complexity index is 1940. The van der Waals surface area contributed by atoms with Crippen molar-refractivity contribution >= 4 is 54.6 Å². The highest BCUT2D eigenvalue weighted by Gasteiger charge is 2.43. The van der Waals surface area contributed by atoms with Gasteiger partial charge in [-0.1, -0.05) is 34.1 Å². The minimum Gasteiger partial charge on any atom is -0.346 e. The number of hydrogen-bond donors (Lipinski definition) is 1. The number of rotatable bonds is 9. The molecule has 240 valence electrons. The molecule has 4 aromatic rings. The summed E-state index contributed by atoms with van der Waals surface area (Å²) in [6.07, 6.45) is 1.61. The van der Waals surface area contributed by atoms with Gasteiger partial charge in [-0.2, -0.15) is 8.78 Å². The van der Waals surface area contributed by atoms with E-state index in [1.807, 2.05) is 0 Å². The average molecular weight is 717 g/mol. The van der Waals surface area contributed by atoms with E-state index in [9.17, 15) is 31.6 Å². The third-order valence-corrected chi connectivity index (χ3v) is 10.4. The summed E-state index contributed by atoms with van der Waals surface area (Å²) in [5.74, 6) is -1.65. The van der Waals surface area contributed by atoms with E-state index in [4.69, 9.17) is 0 Å². The van der Waals surface area contributed by atoms with Gasteiger partial charge in [0.25, 0.3) is 15.9 Å². The monoisotopic (exact) mass is 715 g/mol. The fourth-order valence-corrected chi connectivity index (χ4v) is 8.03. The molecular formula is C31H28BrF2N5O6S. The number of carbonyl (C=O) groups is 3. The Labute approximate surface area is 271 Å². The number of pyridine rings is 1. The van der Waals surface area contributed by atoms with E-state index in [0.717, 1.165) is 18.9 Å². The van der Waals surface area contributed by atoms with Crippen molar-refractivity contribution in [2.45, 2.75) is 49.6 Å². The largest absolute Gasteiger partial charge is 0.346 e. The van der Waals surface area contributed by atoms with Gasteiger partial charge in [0.05, 0.1) is 28.3 Å². The Morgan fingerprint density at radius 1 is 1.13 bits per heavy atom. The molecule has 3 amide bonds. The number of alkyl halides is 2. The molecule has 2 aliphatic rings. The van der Waals surface area contributed by atoms with Crippen LogP contribution in [0.1, 0.15) is 41.0 Å². The van der Waals surface area contributed by atoms with Crippen LogP contribution >= 0.6 is 15.9 Å². The second-order valence-corrected chi connectivity index (χ2v) is 13.8. The quantitative estimate of drug-likeness (QED) is 0.277. The lowest BCUT2D eigenvalue weighted by Crippen LogP contribution is -2.49. The zero-order valence-electron chi connectivity index (χ0n) is 24.3. The lowest BCUT2D eigenvalue weighted by atomic mass is 10.1. The van der Waals surface area contributed by atoms with Crippen molar-refractivity contribution < 1.29 is 36.3 Å². The summed E-state index contributed by atoms with van der Waals surface area (Å²) < 4.78 is 60.6. The molecule has 15 heteroatoms. The van der Waals surface area contributed by atoms with Crippen molar-refractivity contribution in [1.29, 1.82) is 0 Å². The minimum absolute atomic E-state index is 0.0367. The normalized spacial score (nSPS) is 18.8. The number of fused-ring (bicyclic) bond motifs is 2. The van der Waals surface area contributed by atoms with E-state index in [1.54, 1.807) is 55.5 Å². The molecule has 46 heavy (non-hydrogen) atoms. The van der Waals surface area contributed by atoms with Crippen molar-refractivity contribution in [2.24, 2.45) is 0 Å². The Morgan fingerprint density at radius 3 is 2.63 bits per heavy atom. The summed E-state index contributed by atoms with van der Waals surface area (Å²) in [5, 5.41) is 3.30. The first-order valence-electron chi connectivity index (χ1n) is 14.3. The molecule has 2 aliphatic heterocycles. The predicted octanol–water partition coefficient (Wildman–Crippen LogP) is 4.08. The molecule has 2 aromatic carbocycles. The maximum Gasteiger partial charge on any atom is 0.345 e. The first-order chi connectivity index (χ1) is 21.9. The summed E-state index contributed by atoms with van der Waals surface area (Å²) in [6, 6.07) is 14.0. The number of ether oxygens (including phenoxy) is 1. The number of aromatic nitrogens is 2. The smallest absolute Gasteiger partial charge is 0.345 e. The van der Waals surface area contributed by atoms with Crippen LogP contribution in [0.4, 0.5) is 8.78 Å². The molecule has 1 unspecified atom stereocenters. The molecule has 0 spiro atoms. The molecular weight excluding hydrogens is 688 g/mol. The number of likely N-dealkylation sites (tertiary alicyclic amines) is 1. The Kier molecular flexibility index (Phi) is 8.65. The Hall–Kier alpha value is -4.21. The van der Waals surface area contributed by atoms with Crippen LogP contribution in [0.15, 0.2) is 82.4 Å². The second kappa shape index (κ2) is 12.5. The first kappa shape index (κ1) is 31.8. The van der Waals surface area contributed by atoms with Gasteiger partial charge in [-0.25, -0.2) is 12.4 Å². The van der Waals surface area contributed by atoms with Gasteiger partial charge in [0, 0.05) is 47.3 Å². The number of benzene rings is 2. The zero-order valence-corrected chi connectivity index (χ0v) is 26.7. The summed E-state index contributed by atoms with van der Waals surface area (Å²) in [4.78, 5) is 46.8. The van der Waals surface area contributed by atoms with Crippen molar-refractivity contribution in [3.63, 3.8) is 0 Å². The van der Waals surface area contributed by atoms with Crippen LogP contribution in [-0.2, 0) is 30.9 Å². The minimum atomic E-state index is -4.11. The summed E-state index contributed by atoms with van der Waals surface area (Å²) in [6.45, 7) is -2.02. The first-order valence-corrected chi connectivity index (χ1v) is 16.5. The number of nitrogens with zero attached hydrogens (tertiary/aromatic N) is 4. The molecule has 0 saturated carbocycles. The Balaban J connectivity index is 1.25. The highest BCUT2D eigenvalue weighted by atomic mass is 79.9. The molecule has 3 atom stereocenters. The maximum atomic E-state index is 13.8. The fraction of sp³-hybridized carbons (Fsp3) is 0.290. The van der Waals surface area contributed by atoms with Crippen molar-refractivity contribution in [1.82, 2.24) is 24.1 Å². The number of carbonyl (C=O) groups excluding carboxylic acids is 3. The van der Waals surface area contributed by atoms with E-state index < -0.39 is 46.6 Å². The van der Waals surface area contributed by atoms with Gasteiger partial charge in [-0.3, -0.25) is 19.4 Å². The molecule has 6 rings (SSSR count). The molecule has 0 radical (unpaired) electrons. The average Bonchev–Trinajstić information content (AvgIpc) is 3.71. The van der Waals surface area contributed by atoms with Gasteiger partial charge < -0.3 is 19.9 Å². The SMILES string of the molecule is CC(NC(=O)[C@@H]1C[C@@H](OC(F)F)CN1C(=O)CN1Cc2cc(Br)ccc2C1=O)c1cc2cnccc2n1S(=O)(=O)c1ccccc1. The fourth-order valence-electron chi connectivity index (χ4n) is 6.00. The van der Waals surface area contributed by atoms with E-state index in [-0.39, 0.29) is 42.6 Å². The molecule has 1 fully saturated rings. The van der Waals surface area contributed by atoms with Crippen molar-refractivity contribution in [3.05, 3.63) is 94.4 Å². The zero-order chi connectivity index (χ0) is 32.7. The number of halogens is 3. The van der Waals surface area contributed by atoms with Crippen LogP contribution < -0.4 is 5.32 Å². The van der Waals surface area contributed by atoms with Crippen LogP contribution in [0, 0.1) is 0 Å². The topological polar surface area (TPSA) is 131 Å². The van der Waals surface area contributed by atoms with Gasteiger partial charge in [-0.05, 0) is 55.0 Å². The highest BCUT2D eigenvalue weighted by molar-refractivity contribution is 9.10. The molecule has 0 bridgehead atoms. The maximum absolute atomic E-state index is 13.8. The van der Waals surface area contributed by atoms with Gasteiger partial charge in [-0.15, -0.1) is 0 Å². The van der Waals surface area contributed by atoms with Crippen LogP contribution in [0.2, 0.25) is 0 Å². The molecule has 11 nitrogen and oxygen atoms in total. The van der Waals surface area contributed by atoms with E-state index in [0.29, 0.717) is 16.5 Å². The van der Waals surface area contributed by atoms with E-state index >= 15 is 0 Å². The molecule has 1 N–H and O–H groups in total. The van der Waals surface area contributed by atoms with Gasteiger partial charge in [0.2, 0.25) is 11.8 Å². The predicted molar refractivity (Wildman–Crippen MR) is 165 cm³/mol. The lowest BCUT2D eigenvalue weighted by Gasteiger charge is -2.27. The van der Waals surface area contributed by atoms with Crippen LogP contribution in [0.5, 0.6) is 0 Å². The van der Waals surface area contributed by atoms with Crippen molar-refractivity contribution in [3.8, 4) is 0 Å². The third kappa shape index (κ3) is 6.01. The van der Waals surface area contributed by atoms with Gasteiger partial charge >= 0.3 is 6.61 Å². The van der Waals surface area contributed by atoms with E-state index in [2.05, 4.69) is 31.0 Å². The standard InChI is InChI=1S/C31H28BrF2N5O6S/c1-18(26-12-19-14-35-10-9-25(19)39(26)46(43,44)23-5-3-2-4-6-23)36-29(41)27-13-22(45-31(33)34)16-38(27)28(40)17-37-15-20-11-21(32)7-8-24(20)30(37)42/h2-12,14,18,22,27,31H,13,15-17H2,1H3,(H,36,41)/t18?,22-,27+/m1/s1. The molecule has 4 heterocycles. The second-order valence-electron chi connectivity index (χ2n) is 11.1. The summed E-state index contributed by atoms with van der Waals surface area (Å²) in [7, 11) is -4.11. The van der Waals surface area contributed by atoms with Crippen molar-refractivity contribution in [2.75, 3.05) is 13.1 Å². The van der Waals surface area contributed by atoms with Crippen LogP contribution in [0.25, 0.3) is 10.9 Å². The lowest BCUT2D eigenvalue weighted by molar-refractivity contribution is -0.160. The highest BCUT2D eigenvalue weighted by Crippen LogP contribution is 2.31. The summed E-state index contributed by atoms with van der Waals surface area (Å²) >= 11 is 3.37. The molecule has 1 saturated heterocycles.